The van der Waals surface area contributed by atoms with E-state index in [4.69, 9.17) is 16.7 Å². The summed E-state index contributed by atoms with van der Waals surface area (Å²) < 4.78 is 0. The zero-order valence-corrected chi connectivity index (χ0v) is 10.8. The zero-order valence-electron chi connectivity index (χ0n) is 10.0. The maximum Gasteiger partial charge on any atom is 0.152 e. The summed E-state index contributed by atoms with van der Waals surface area (Å²) in [6, 6.07) is 5.25. The number of rotatable bonds is 7. The average Bonchev–Trinajstić information content (AvgIpc) is 2.34. The molecule has 1 aromatic carbocycles. The molecular weight excluding hydrogens is 238 g/mol. The van der Waals surface area contributed by atoms with Crippen LogP contribution in [0.25, 0.3) is 0 Å². The van der Waals surface area contributed by atoms with Gasteiger partial charge in [0.25, 0.3) is 0 Å². The standard InChI is InChI=1S/C13H18ClNO2/c1-2-3-6-15(7-8-16)13-5-4-12(14)9-11(13)10-17/h4-5,9-10,16H,2-3,6-8H2,1H3. The number of aliphatic hydroxyl groups excluding tert-OH is 1. The van der Waals surface area contributed by atoms with E-state index < -0.39 is 0 Å². The molecule has 0 radical (unpaired) electrons. The molecule has 0 aliphatic carbocycles. The summed E-state index contributed by atoms with van der Waals surface area (Å²) in [7, 11) is 0. The summed E-state index contributed by atoms with van der Waals surface area (Å²) in [6.07, 6.45) is 2.91. The minimum atomic E-state index is 0.0740. The molecule has 3 nitrogen and oxygen atoms in total. The number of aldehydes is 1. The third kappa shape index (κ3) is 4.02. The van der Waals surface area contributed by atoms with E-state index in [0.717, 1.165) is 31.4 Å². The normalized spacial score (nSPS) is 10.3. The first kappa shape index (κ1) is 14.0. The molecule has 1 rings (SSSR count). The fraction of sp³-hybridized carbons (Fsp3) is 0.462. The van der Waals surface area contributed by atoms with Crippen LogP contribution in [0.1, 0.15) is 30.1 Å². The van der Waals surface area contributed by atoms with Gasteiger partial charge in [-0.3, -0.25) is 4.79 Å². The lowest BCUT2D eigenvalue weighted by atomic mass is 10.1. The molecule has 0 aliphatic rings. The van der Waals surface area contributed by atoms with Crippen LogP contribution in [0.5, 0.6) is 0 Å². The number of hydrogen-bond acceptors (Lipinski definition) is 3. The van der Waals surface area contributed by atoms with Crippen LogP contribution in [0, 0.1) is 0 Å². The van der Waals surface area contributed by atoms with Gasteiger partial charge in [-0.15, -0.1) is 0 Å². The van der Waals surface area contributed by atoms with Crippen LogP contribution in [0.4, 0.5) is 5.69 Å². The van der Waals surface area contributed by atoms with Gasteiger partial charge in [0.2, 0.25) is 0 Å². The van der Waals surface area contributed by atoms with Gasteiger partial charge in [-0.05, 0) is 24.6 Å². The molecule has 1 aromatic rings. The van der Waals surface area contributed by atoms with E-state index in [1.807, 2.05) is 11.0 Å². The molecule has 4 heteroatoms. The van der Waals surface area contributed by atoms with Crippen LogP contribution in [-0.4, -0.2) is 31.1 Å². The van der Waals surface area contributed by atoms with Crippen molar-refractivity contribution in [2.24, 2.45) is 0 Å². The van der Waals surface area contributed by atoms with Gasteiger partial charge in [0.1, 0.15) is 0 Å². The Hall–Kier alpha value is -1.06. The topological polar surface area (TPSA) is 40.5 Å². The molecule has 0 fully saturated rings. The summed E-state index contributed by atoms with van der Waals surface area (Å²) in [4.78, 5) is 13.0. The molecule has 0 aromatic heterocycles. The third-order valence-corrected chi connectivity index (χ3v) is 2.84. The number of unbranched alkanes of at least 4 members (excludes halogenated alkanes) is 1. The highest BCUT2D eigenvalue weighted by molar-refractivity contribution is 6.31. The van der Waals surface area contributed by atoms with Gasteiger partial charge < -0.3 is 10.0 Å². The van der Waals surface area contributed by atoms with Crippen LogP contribution in [0.15, 0.2) is 18.2 Å². The summed E-state index contributed by atoms with van der Waals surface area (Å²) >= 11 is 5.85. The lowest BCUT2D eigenvalue weighted by Gasteiger charge is -2.25. The SMILES string of the molecule is CCCCN(CCO)c1ccc(Cl)cc1C=O. The van der Waals surface area contributed by atoms with Crippen molar-refractivity contribution in [3.8, 4) is 0 Å². The van der Waals surface area contributed by atoms with Gasteiger partial charge in [0.15, 0.2) is 6.29 Å². The first-order chi connectivity index (χ1) is 8.22. The molecule has 0 saturated carbocycles. The number of nitrogens with zero attached hydrogens (tertiary/aromatic N) is 1. The monoisotopic (exact) mass is 255 g/mol. The van der Waals surface area contributed by atoms with Crippen LogP contribution in [-0.2, 0) is 0 Å². The maximum absolute atomic E-state index is 11.0. The van der Waals surface area contributed by atoms with Crippen molar-refractivity contribution in [3.05, 3.63) is 28.8 Å². The van der Waals surface area contributed by atoms with Gasteiger partial charge in [-0.25, -0.2) is 0 Å². The van der Waals surface area contributed by atoms with Crippen molar-refractivity contribution in [1.29, 1.82) is 0 Å². The van der Waals surface area contributed by atoms with Crippen LogP contribution < -0.4 is 4.90 Å². The Balaban J connectivity index is 2.95. The molecule has 17 heavy (non-hydrogen) atoms. The molecule has 0 amide bonds. The van der Waals surface area contributed by atoms with E-state index in [-0.39, 0.29) is 6.61 Å². The molecule has 0 heterocycles. The average molecular weight is 256 g/mol. The van der Waals surface area contributed by atoms with E-state index in [0.29, 0.717) is 17.1 Å². The van der Waals surface area contributed by atoms with Crippen molar-refractivity contribution in [2.75, 3.05) is 24.6 Å². The molecular formula is C13H18ClNO2. The predicted molar refractivity (Wildman–Crippen MR) is 71.0 cm³/mol. The first-order valence-electron chi connectivity index (χ1n) is 5.83. The molecule has 1 N–H and O–H groups in total. The van der Waals surface area contributed by atoms with Crippen LogP contribution in [0.2, 0.25) is 5.02 Å². The Morgan fingerprint density at radius 1 is 1.41 bits per heavy atom. The predicted octanol–water partition coefficient (Wildman–Crippen LogP) is 2.75. The van der Waals surface area contributed by atoms with Crippen molar-refractivity contribution in [3.63, 3.8) is 0 Å². The lowest BCUT2D eigenvalue weighted by molar-refractivity contribution is 0.112. The zero-order chi connectivity index (χ0) is 12.7. The summed E-state index contributed by atoms with van der Waals surface area (Å²) in [6.45, 7) is 3.55. The van der Waals surface area contributed by atoms with Gasteiger partial charge in [-0.1, -0.05) is 24.9 Å². The summed E-state index contributed by atoms with van der Waals surface area (Å²) in [5.41, 5.74) is 1.41. The Morgan fingerprint density at radius 2 is 2.18 bits per heavy atom. The molecule has 0 bridgehead atoms. The molecule has 94 valence electrons. The van der Waals surface area contributed by atoms with Crippen molar-refractivity contribution < 1.29 is 9.90 Å². The Morgan fingerprint density at radius 3 is 2.76 bits per heavy atom. The first-order valence-corrected chi connectivity index (χ1v) is 6.21. The van der Waals surface area contributed by atoms with E-state index in [2.05, 4.69) is 6.92 Å². The highest BCUT2D eigenvalue weighted by Crippen LogP contribution is 2.23. The fourth-order valence-corrected chi connectivity index (χ4v) is 1.91. The minimum absolute atomic E-state index is 0.0740. The molecule has 0 aliphatic heterocycles. The second-order valence-corrected chi connectivity index (χ2v) is 4.32. The second-order valence-electron chi connectivity index (χ2n) is 3.89. The maximum atomic E-state index is 11.0. The van der Waals surface area contributed by atoms with Crippen LogP contribution >= 0.6 is 11.6 Å². The van der Waals surface area contributed by atoms with Crippen molar-refractivity contribution >= 4 is 23.6 Å². The highest BCUT2D eigenvalue weighted by Gasteiger charge is 2.10. The van der Waals surface area contributed by atoms with Gasteiger partial charge >= 0.3 is 0 Å². The van der Waals surface area contributed by atoms with Crippen molar-refractivity contribution in [1.82, 2.24) is 0 Å². The smallest absolute Gasteiger partial charge is 0.152 e. The third-order valence-electron chi connectivity index (χ3n) is 2.61. The number of hydrogen-bond donors (Lipinski definition) is 1. The van der Waals surface area contributed by atoms with E-state index >= 15 is 0 Å². The van der Waals surface area contributed by atoms with E-state index in [1.165, 1.54) is 0 Å². The minimum Gasteiger partial charge on any atom is -0.395 e. The number of halogens is 1. The highest BCUT2D eigenvalue weighted by atomic mass is 35.5. The molecule has 0 unspecified atom stereocenters. The number of aliphatic hydroxyl groups is 1. The number of carbonyl (C=O) groups excluding carboxylic acids is 1. The van der Waals surface area contributed by atoms with Crippen LogP contribution in [0.3, 0.4) is 0 Å². The Kier molecular flexibility index (Phi) is 6.01. The molecule has 0 spiro atoms. The number of anilines is 1. The fourth-order valence-electron chi connectivity index (χ4n) is 1.73. The van der Waals surface area contributed by atoms with Gasteiger partial charge in [-0.2, -0.15) is 0 Å². The Labute approximate surface area is 107 Å². The second kappa shape index (κ2) is 7.30. The van der Waals surface area contributed by atoms with Gasteiger partial charge in [0, 0.05) is 29.4 Å². The summed E-state index contributed by atoms with van der Waals surface area (Å²) in [5, 5.41) is 9.61. The lowest BCUT2D eigenvalue weighted by Crippen LogP contribution is -2.28. The van der Waals surface area contributed by atoms with Gasteiger partial charge in [0.05, 0.1) is 6.61 Å². The summed E-state index contributed by atoms with van der Waals surface area (Å²) in [5.74, 6) is 0. The molecule has 0 atom stereocenters. The van der Waals surface area contributed by atoms with E-state index in [1.54, 1.807) is 12.1 Å². The van der Waals surface area contributed by atoms with E-state index in [9.17, 15) is 4.79 Å². The Bertz CT molecular complexity index is 368. The number of benzene rings is 1. The quantitative estimate of drug-likeness (QED) is 0.762. The van der Waals surface area contributed by atoms with Crippen molar-refractivity contribution in [2.45, 2.75) is 19.8 Å². The largest absolute Gasteiger partial charge is 0.395 e. The molecule has 0 saturated heterocycles. The number of carbonyl (C=O) groups is 1.